The highest BCUT2D eigenvalue weighted by Crippen LogP contribution is 2.29. The zero-order valence-corrected chi connectivity index (χ0v) is 15.0. The molecule has 0 atom stereocenters. The SMILES string of the molecule is CC(C)(Oc1ccc(S(=O)(=O)c2ccccc2)cc1)c1ccccc1. The second-order valence-corrected chi connectivity index (χ2v) is 8.22. The van der Waals surface area contributed by atoms with E-state index >= 15 is 0 Å². The largest absolute Gasteiger partial charge is 0.483 e. The van der Waals surface area contributed by atoms with Gasteiger partial charge in [0, 0.05) is 0 Å². The molecule has 3 rings (SSSR count). The van der Waals surface area contributed by atoms with Crippen molar-refractivity contribution in [2.24, 2.45) is 0 Å². The van der Waals surface area contributed by atoms with Crippen LogP contribution in [0.2, 0.25) is 0 Å². The van der Waals surface area contributed by atoms with Crippen LogP contribution in [0.1, 0.15) is 19.4 Å². The van der Waals surface area contributed by atoms with Gasteiger partial charge in [0.25, 0.3) is 0 Å². The summed E-state index contributed by atoms with van der Waals surface area (Å²) in [5.74, 6) is 0.626. The molecule has 0 aliphatic heterocycles. The fourth-order valence-corrected chi connectivity index (χ4v) is 3.90. The van der Waals surface area contributed by atoms with Crippen molar-refractivity contribution < 1.29 is 13.2 Å². The smallest absolute Gasteiger partial charge is 0.206 e. The molecule has 0 amide bonds. The van der Waals surface area contributed by atoms with E-state index in [0.29, 0.717) is 5.75 Å². The van der Waals surface area contributed by atoms with Crippen LogP contribution in [0.5, 0.6) is 5.75 Å². The Bertz CT molecular complexity index is 929. The van der Waals surface area contributed by atoms with Crippen molar-refractivity contribution in [3.05, 3.63) is 90.5 Å². The molecule has 0 fully saturated rings. The van der Waals surface area contributed by atoms with Crippen LogP contribution in [0.25, 0.3) is 0 Å². The second kappa shape index (κ2) is 6.73. The lowest BCUT2D eigenvalue weighted by Gasteiger charge is -2.27. The van der Waals surface area contributed by atoms with Gasteiger partial charge in [-0.1, -0.05) is 48.5 Å². The highest BCUT2D eigenvalue weighted by molar-refractivity contribution is 7.91. The normalized spacial score (nSPS) is 11.9. The predicted octanol–water partition coefficient (Wildman–Crippen LogP) is 4.83. The third kappa shape index (κ3) is 3.74. The van der Waals surface area contributed by atoms with Crippen LogP contribution in [0, 0.1) is 0 Å². The van der Waals surface area contributed by atoms with Gasteiger partial charge in [-0.05, 0) is 55.8 Å². The van der Waals surface area contributed by atoms with Crippen LogP contribution in [0.4, 0.5) is 0 Å². The minimum absolute atomic E-state index is 0.253. The van der Waals surface area contributed by atoms with Crippen molar-refractivity contribution in [2.45, 2.75) is 29.2 Å². The Hall–Kier alpha value is -2.59. The number of rotatable bonds is 5. The van der Waals surface area contributed by atoms with Crippen LogP contribution < -0.4 is 4.74 Å². The maximum absolute atomic E-state index is 12.6. The molecule has 3 aromatic carbocycles. The third-order valence-electron chi connectivity index (χ3n) is 4.03. The maximum atomic E-state index is 12.6. The van der Waals surface area contributed by atoms with E-state index in [2.05, 4.69) is 0 Å². The van der Waals surface area contributed by atoms with Crippen molar-refractivity contribution in [3.8, 4) is 5.75 Å². The van der Waals surface area contributed by atoms with E-state index in [9.17, 15) is 8.42 Å². The van der Waals surface area contributed by atoms with Crippen molar-refractivity contribution in [3.63, 3.8) is 0 Å². The minimum Gasteiger partial charge on any atom is -0.483 e. The average molecular weight is 352 g/mol. The Labute approximate surface area is 148 Å². The van der Waals surface area contributed by atoms with Crippen molar-refractivity contribution >= 4 is 9.84 Å². The molecular weight excluding hydrogens is 332 g/mol. The summed E-state index contributed by atoms with van der Waals surface area (Å²) < 4.78 is 31.3. The summed E-state index contributed by atoms with van der Waals surface area (Å²) in [4.78, 5) is 0.539. The quantitative estimate of drug-likeness (QED) is 0.660. The minimum atomic E-state index is -3.51. The van der Waals surface area contributed by atoms with Crippen LogP contribution in [-0.4, -0.2) is 8.42 Å². The molecule has 0 radical (unpaired) electrons. The lowest BCUT2D eigenvalue weighted by molar-refractivity contribution is 0.109. The fourth-order valence-electron chi connectivity index (χ4n) is 2.62. The van der Waals surface area contributed by atoms with E-state index in [1.165, 1.54) is 0 Å². The highest BCUT2D eigenvalue weighted by atomic mass is 32.2. The Kier molecular flexibility index (Phi) is 4.64. The molecule has 0 N–H and O–H groups in total. The molecule has 25 heavy (non-hydrogen) atoms. The number of ether oxygens (including phenoxy) is 1. The van der Waals surface area contributed by atoms with E-state index < -0.39 is 15.4 Å². The molecular formula is C21H20O3S. The first-order valence-corrected chi connectivity index (χ1v) is 9.53. The van der Waals surface area contributed by atoms with Gasteiger partial charge in [0.1, 0.15) is 11.4 Å². The molecule has 128 valence electrons. The van der Waals surface area contributed by atoms with Gasteiger partial charge in [0.15, 0.2) is 0 Å². The molecule has 0 saturated heterocycles. The zero-order chi connectivity index (χ0) is 17.9. The molecule has 3 aromatic rings. The van der Waals surface area contributed by atoms with Crippen molar-refractivity contribution in [2.75, 3.05) is 0 Å². The van der Waals surface area contributed by atoms with Gasteiger partial charge in [-0.3, -0.25) is 0 Å². The molecule has 0 spiro atoms. The number of sulfone groups is 1. The topological polar surface area (TPSA) is 43.4 Å². The van der Waals surface area contributed by atoms with E-state index in [1.807, 2.05) is 44.2 Å². The van der Waals surface area contributed by atoms with E-state index in [-0.39, 0.29) is 9.79 Å². The third-order valence-corrected chi connectivity index (χ3v) is 5.82. The van der Waals surface area contributed by atoms with Crippen LogP contribution in [0.3, 0.4) is 0 Å². The summed E-state index contributed by atoms with van der Waals surface area (Å²) in [6.07, 6.45) is 0. The molecule has 0 aliphatic carbocycles. The average Bonchev–Trinajstić information content (AvgIpc) is 2.63. The number of benzene rings is 3. The zero-order valence-electron chi connectivity index (χ0n) is 14.2. The first kappa shape index (κ1) is 17.2. The summed E-state index contributed by atoms with van der Waals surface area (Å²) in [5.41, 5.74) is 0.539. The summed E-state index contributed by atoms with van der Waals surface area (Å²) >= 11 is 0. The van der Waals surface area contributed by atoms with Crippen LogP contribution in [-0.2, 0) is 15.4 Å². The van der Waals surface area contributed by atoms with Gasteiger partial charge in [-0.25, -0.2) is 8.42 Å². The maximum Gasteiger partial charge on any atom is 0.206 e. The van der Waals surface area contributed by atoms with E-state index in [0.717, 1.165) is 5.56 Å². The standard InChI is InChI=1S/C21H20O3S/c1-21(2,17-9-5-3-6-10-17)24-18-13-15-20(16-14-18)25(22,23)19-11-7-4-8-12-19/h3-16H,1-2H3. The summed E-state index contributed by atoms with van der Waals surface area (Å²) in [7, 11) is -3.51. The predicted molar refractivity (Wildman–Crippen MR) is 98.4 cm³/mol. The van der Waals surface area contributed by atoms with Gasteiger partial charge in [-0.15, -0.1) is 0 Å². The first-order chi connectivity index (χ1) is 11.9. The lowest BCUT2D eigenvalue weighted by Crippen LogP contribution is -2.25. The van der Waals surface area contributed by atoms with E-state index in [1.54, 1.807) is 54.6 Å². The van der Waals surface area contributed by atoms with Crippen molar-refractivity contribution in [1.29, 1.82) is 0 Å². The Morgan fingerprint density at radius 2 is 1.16 bits per heavy atom. The van der Waals surface area contributed by atoms with Crippen molar-refractivity contribution in [1.82, 2.24) is 0 Å². The van der Waals surface area contributed by atoms with Gasteiger partial charge in [0.2, 0.25) is 9.84 Å². The number of hydrogen-bond acceptors (Lipinski definition) is 3. The second-order valence-electron chi connectivity index (χ2n) is 6.27. The molecule has 0 bridgehead atoms. The highest BCUT2D eigenvalue weighted by Gasteiger charge is 2.23. The van der Waals surface area contributed by atoms with Gasteiger partial charge < -0.3 is 4.74 Å². The molecule has 0 saturated carbocycles. The Morgan fingerprint density at radius 3 is 1.72 bits per heavy atom. The fraction of sp³-hybridized carbons (Fsp3) is 0.143. The first-order valence-electron chi connectivity index (χ1n) is 8.04. The molecule has 3 nitrogen and oxygen atoms in total. The Balaban J connectivity index is 1.84. The summed E-state index contributed by atoms with van der Waals surface area (Å²) in [6.45, 7) is 3.97. The van der Waals surface area contributed by atoms with Gasteiger partial charge in [-0.2, -0.15) is 0 Å². The molecule has 0 aromatic heterocycles. The summed E-state index contributed by atoms with van der Waals surface area (Å²) in [5, 5.41) is 0. The molecule has 0 aliphatic rings. The molecule has 4 heteroatoms. The van der Waals surface area contributed by atoms with Gasteiger partial charge >= 0.3 is 0 Å². The van der Waals surface area contributed by atoms with Crippen LogP contribution in [0.15, 0.2) is 94.7 Å². The summed E-state index contributed by atoms with van der Waals surface area (Å²) in [6, 6.07) is 24.9. The number of hydrogen-bond donors (Lipinski definition) is 0. The Morgan fingerprint density at radius 1 is 0.680 bits per heavy atom. The molecule has 0 heterocycles. The lowest BCUT2D eigenvalue weighted by atomic mass is 9.98. The van der Waals surface area contributed by atoms with Gasteiger partial charge in [0.05, 0.1) is 9.79 Å². The van der Waals surface area contributed by atoms with E-state index in [4.69, 9.17) is 4.74 Å². The monoisotopic (exact) mass is 352 g/mol. The van der Waals surface area contributed by atoms with Crippen LogP contribution >= 0.6 is 0 Å². The molecule has 0 unspecified atom stereocenters.